The predicted octanol–water partition coefficient (Wildman–Crippen LogP) is 3.04. The molecule has 114 valence electrons. The van der Waals surface area contributed by atoms with Gasteiger partial charge in [-0.15, -0.1) is 0 Å². The Morgan fingerprint density at radius 3 is 2.64 bits per heavy atom. The monoisotopic (exact) mass is 317 g/mol. The molecule has 1 N–H and O–H groups in total. The van der Waals surface area contributed by atoms with Crippen molar-refractivity contribution in [1.82, 2.24) is 4.98 Å². The van der Waals surface area contributed by atoms with E-state index in [1.807, 2.05) is 12.1 Å². The summed E-state index contributed by atoms with van der Waals surface area (Å²) in [5.74, 6) is -0.379. The second-order valence-electron chi connectivity index (χ2n) is 5.73. The molecule has 5 nitrogen and oxygen atoms in total. The van der Waals surface area contributed by atoms with Gasteiger partial charge in [-0.3, -0.25) is 0 Å². The lowest BCUT2D eigenvalue weighted by Crippen LogP contribution is -2.45. The first kappa shape index (κ1) is 13.9. The van der Waals surface area contributed by atoms with Gasteiger partial charge in [0.05, 0.1) is 35.0 Å². The summed E-state index contributed by atoms with van der Waals surface area (Å²) in [4.78, 5) is 5.49. The maximum Gasteiger partial charge on any atom is 0.171 e. The second kappa shape index (κ2) is 5.17. The molecule has 1 aromatic heterocycles. The number of hydrogen-bond donors (Lipinski definition) is 1. The van der Waals surface area contributed by atoms with Crippen LogP contribution in [0.3, 0.4) is 0 Å². The number of ether oxygens (including phenoxy) is 2. The number of nitrogens with one attached hydrogen (secondary N) is 1. The van der Waals surface area contributed by atoms with Gasteiger partial charge >= 0.3 is 0 Å². The molecular weight excluding hydrogens is 302 g/mol. The maximum atomic E-state index is 9.21. The number of halogens is 1. The van der Waals surface area contributed by atoms with E-state index in [-0.39, 0.29) is 5.79 Å². The van der Waals surface area contributed by atoms with E-state index in [0.29, 0.717) is 23.8 Å². The maximum absolute atomic E-state index is 9.21. The molecule has 2 aromatic rings. The normalized spacial score (nSPS) is 20.6. The summed E-state index contributed by atoms with van der Waals surface area (Å²) >= 11 is 6.26. The van der Waals surface area contributed by atoms with Crippen LogP contribution in [0.1, 0.15) is 18.4 Å². The van der Waals surface area contributed by atoms with E-state index in [9.17, 15) is 5.26 Å². The zero-order valence-corrected chi connectivity index (χ0v) is 12.8. The molecule has 6 heteroatoms. The molecule has 0 radical (unpaired) electrons. The Hall–Kier alpha value is -1.74. The third-order valence-corrected chi connectivity index (χ3v) is 4.88. The molecule has 0 saturated carbocycles. The summed E-state index contributed by atoms with van der Waals surface area (Å²) in [6.45, 7) is 3.09. The van der Waals surface area contributed by atoms with Crippen molar-refractivity contribution in [3.8, 4) is 6.07 Å². The highest BCUT2D eigenvalue weighted by Gasteiger charge is 2.40. The molecule has 2 fully saturated rings. The van der Waals surface area contributed by atoms with Crippen LogP contribution >= 0.6 is 11.6 Å². The van der Waals surface area contributed by atoms with Crippen molar-refractivity contribution in [3.63, 3.8) is 0 Å². The molecule has 2 aliphatic heterocycles. The van der Waals surface area contributed by atoms with Crippen molar-refractivity contribution in [2.45, 2.75) is 18.6 Å². The van der Waals surface area contributed by atoms with Crippen molar-refractivity contribution in [1.29, 1.82) is 5.26 Å². The highest BCUT2D eigenvalue weighted by atomic mass is 35.5. The van der Waals surface area contributed by atoms with Gasteiger partial charge in [0.25, 0.3) is 0 Å². The third kappa shape index (κ3) is 2.07. The van der Waals surface area contributed by atoms with Gasteiger partial charge < -0.3 is 19.4 Å². The molecule has 0 atom stereocenters. The fraction of sp³-hybridized carbons (Fsp3) is 0.438. The highest BCUT2D eigenvalue weighted by Crippen LogP contribution is 2.38. The van der Waals surface area contributed by atoms with E-state index < -0.39 is 0 Å². The van der Waals surface area contributed by atoms with Crippen LogP contribution in [0, 0.1) is 11.3 Å². The first-order valence-corrected chi connectivity index (χ1v) is 7.83. The number of rotatable bonds is 1. The lowest BCUT2D eigenvalue weighted by molar-refractivity contribution is -0.169. The van der Waals surface area contributed by atoms with Crippen LogP contribution in [0.4, 0.5) is 5.69 Å². The quantitative estimate of drug-likeness (QED) is 0.878. The Labute approximate surface area is 133 Å². The van der Waals surface area contributed by atoms with Crippen LogP contribution in [0.2, 0.25) is 5.02 Å². The number of fused-ring (bicyclic) bond motifs is 1. The van der Waals surface area contributed by atoms with E-state index >= 15 is 0 Å². The third-order valence-electron chi connectivity index (χ3n) is 4.56. The lowest BCUT2D eigenvalue weighted by atomic mass is 10.0. The topological polar surface area (TPSA) is 61.3 Å². The van der Waals surface area contributed by atoms with E-state index in [4.69, 9.17) is 21.1 Å². The number of benzene rings is 1. The molecule has 1 aromatic carbocycles. The SMILES string of the molecule is N#Cc1c[nH]c2c(N3CCC4(CC3)OCCO4)ccc(Cl)c12. The van der Waals surface area contributed by atoms with Gasteiger partial charge in [-0.1, -0.05) is 11.6 Å². The number of nitrogens with zero attached hydrogens (tertiary/aromatic N) is 2. The van der Waals surface area contributed by atoms with E-state index in [0.717, 1.165) is 42.5 Å². The van der Waals surface area contributed by atoms with Gasteiger partial charge in [0, 0.05) is 37.5 Å². The Kier molecular flexibility index (Phi) is 3.26. The highest BCUT2D eigenvalue weighted by molar-refractivity contribution is 6.36. The summed E-state index contributed by atoms with van der Waals surface area (Å²) in [5.41, 5.74) is 2.58. The van der Waals surface area contributed by atoms with E-state index in [1.165, 1.54) is 0 Å². The molecule has 0 bridgehead atoms. The molecule has 2 saturated heterocycles. The van der Waals surface area contributed by atoms with Crippen molar-refractivity contribution in [3.05, 3.63) is 28.9 Å². The summed E-state index contributed by atoms with van der Waals surface area (Å²) in [6, 6.07) is 6.06. The fourth-order valence-electron chi connectivity index (χ4n) is 3.42. The van der Waals surface area contributed by atoms with Gasteiger partial charge in [-0.05, 0) is 12.1 Å². The van der Waals surface area contributed by atoms with Crippen LogP contribution < -0.4 is 4.90 Å². The average molecular weight is 318 g/mol. The Balaban J connectivity index is 1.67. The zero-order valence-electron chi connectivity index (χ0n) is 12.1. The van der Waals surface area contributed by atoms with Gasteiger partial charge in [0.1, 0.15) is 6.07 Å². The Bertz CT molecular complexity index is 749. The van der Waals surface area contributed by atoms with Crippen LogP contribution in [-0.4, -0.2) is 37.1 Å². The first-order valence-electron chi connectivity index (χ1n) is 7.45. The summed E-state index contributed by atoms with van der Waals surface area (Å²) < 4.78 is 11.5. The summed E-state index contributed by atoms with van der Waals surface area (Å²) in [7, 11) is 0. The van der Waals surface area contributed by atoms with Gasteiger partial charge in [-0.2, -0.15) is 5.26 Å². The standard InChI is InChI=1S/C16H16ClN3O2/c17-12-1-2-13(15-14(12)11(9-18)10-19-15)20-5-3-16(4-6-20)21-7-8-22-16/h1-2,10,19H,3-8H2. The fourth-order valence-corrected chi connectivity index (χ4v) is 3.68. The van der Waals surface area contributed by atoms with Crippen LogP contribution in [0.5, 0.6) is 0 Å². The number of aromatic nitrogens is 1. The summed E-state index contributed by atoms with van der Waals surface area (Å²) in [6.07, 6.45) is 3.42. The largest absolute Gasteiger partial charge is 0.369 e. The van der Waals surface area contributed by atoms with Gasteiger partial charge in [0.2, 0.25) is 0 Å². The van der Waals surface area contributed by atoms with Crippen molar-refractivity contribution >= 4 is 28.2 Å². The molecular formula is C16H16ClN3O2. The minimum atomic E-state index is -0.379. The van der Waals surface area contributed by atoms with Crippen molar-refractivity contribution < 1.29 is 9.47 Å². The average Bonchev–Trinajstić information content (AvgIpc) is 3.17. The molecule has 2 aliphatic rings. The van der Waals surface area contributed by atoms with Gasteiger partial charge in [0.15, 0.2) is 5.79 Å². The van der Waals surface area contributed by atoms with Crippen molar-refractivity contribution in [2.75, 3.05) is 31.2 Å². The smallest absolute Gasteiger partial charge is 0.171 e. The van der Waals surface area contributed by atoms with Crippen LogP contribution in [0.25, 0.3) is 10.9 Å². The zero-order chi connectivity index (χ0) is 15.2. The molecule has 1 spiro atoms. The Morgan fingerprint density at radius 2 is 1.95 bits per heavy atom. The van der Waals surface area contributed by atoms with Gasteiger partial charge in [-0.25, -0.2) is 0 Å². The minimum absolute atomic E-state index is 0.379. The molecule has 0 unspecified atom stereocenters. The van der Waals surface area contributed by atoms with Crippen LogP contribution in [-0.2, 0) is 9.47 Å². The molecule has 0 amide bonds. The number of aromatic amines is 1. The predicted molar refractivity (Wildman–Crippen MR) is 84.1 cm³/mol. The number of anilines is 1. The first-order chi connectivity index (χ1) is 10.7. The van der Waals surface area contributed by atoms with Crippen LogP contribution in [0.15, 0.2) is 18.3 Å². The number of piperidine rings is 1. The summed E-state index contributed by atoms with van der Waals surface area (Å²) in [5, 5.41) is 10.6. The number of hydrogen-bond acceptors (Lipinski definition) is 4. The molecule has 0 aliphatic carbocycles. The second-order valence-corrected chi connectivity index (χ2v) is 6.13. The van der Waals surface area contributed by atoms with Crippen molar-refractivity contribution in [2.24, 2.45) is 0 Å². The lowest BCUT2D eigenvalue weighted by Gasteiger charge is -2.38. The minimum Gasteiger partial charge on any atom is -0.369 e. The molecule has 3 heterocycles. The Morgan fingerprint density at radius 1 is 1.23 bits per heavy atom. The molecule has 22 heavy (non-hydrogen) atoms. The number of nitriles is 1. The van der Waals surface area contributed by atoms with E-state index in [2.05, 4.69) is 16.0 Å². The molecule has 4 rings (SSSR count). The van der Waals surface area contributed by atoms with E-state index in [1.54, 1.807) is 6.20 Å². The number of H-pyrrole nitrogens is 1.